The van der Waals surface area contributed by atoms with Crippen LogP contribution in [0.15, 0.2) is 103 Å². The summed E-state index contributed by atoms with van der Waals surface area (Å²) in [5, 5.41) is 3.59. The summed E-state index contributed by atoms with van der Waals surface area (Å²) in [4.78, 5) is 0. The first-order valence-corrected chi connectivity index (χ1v) is 12.1. The van der Waals surface area contributed by atoms with E-state index in [1.54, 1.807) is 12.1 Å². The Morgan fingerprint density at radius 3 is 1.69 bits per heavy atom. The first-order valence-electron chi connectivity index (χ1n) is 10.7. The molecule has 5 nitrogen and oxygen atoms in total. The maximum atomic E-state index is 12.2. The van der Waals surface area contributed by atoms with Crippen LogP contribution in [-0.2, 0) is 10.1 Å². The molecule has 9 heteroatoms. The Morgan fingerprint density at radius 1 is 0.583 bits per heavy atom. The Hall–Kier alpha value is -4.24. The topological polar surface area (TPSA) is 95.4 Å². The third-order valence-electron chi connectivity index (χ3n) is 5.30. The van der Waals surface area contributed by atoms with Crippen molar-refractivity contribution in [1.82, 2.24) is 0 Å². The molecule has 5 rings (SSSR count). The number of fused-ring (bicyclic) bond motifs is 2. The number of anilines is 2. The molecule has 0 fully saturated rings. The lowest BCUT2D eigenvalue weighted by atomic mass is 10.0. The molecule has 0 heterocycles. The summed E-state index contributed by atoms with van der Waals surface area (Å²) in [5.74, 6) is -0.421. The average molecular weight is 511 g/mol. The van der Waals surface area contributed by atoms with Crippen LogP contribution in [0.5, 0.6) is 5.75 Å². The number of nitrogens with two attached hydrogens (primary N) is 2. The Balaban J connectivity index is 0.000000170. The minimum Gasteiger partial charge on any atom is -0.399 e. The van der Waals surface area contributed by atoms with E-state index in [-0.39, 0.29) is 0 Å². The van der Waals surface area contributed by atoms with Crippen molar-refractivity contribution in [2.75, 3.05) is 11.5 Å². The van der Waals surface area contributed by atoms with Gasteiger partial charge in [-0.25, -0.2) is 0 Å². The normalized spacial score (nSPS) is 11.6. The van der Waals surface area contributed by atoms with Gasteiger partial charge >= 0.3 is 15.6 Å². The second-order valence-corrected chi connectivity index (χ2v) is 9.48. The molecule has 36 heavy (non-hydrogen) atoms. The summed E-state index contributed by atoms with van der Waals surface area (Å²) in [6.45, 7) is 0. The maximum absolute atomic E-state index is 12.2. The van der Waals surface area contributed by atoms with Gasteiger partial charge in [0.05, 0.1) is 0 Å². The molecule has 0 saturated heterocycles. The first-order chi connectivity index (χ1) is 17.0. The van der Waals surface area contributed by atoms with E-state index in [4.69, 9.17) is 11.5 Å². The van der Waals surface area contributed by atoms with Crippen molar-refractivity contribution in [3.8, 4) is 16.9 Å². The van der Waals surface area contributed by atoms with Crippen molar-refractivity contribution in [2.45, 2.75) is 5.51 Å². The fraction of sp³-hybridized carbons (Fsp3) is 0.0370. The molecule has 0 unspecified atom stereocenters. The smallest absolute Gasteiger partial charge is 0.399 e. The summed E-state index contributed by atoms with van der Waals surface area (Å²) < 4.78 is 62.2. The largest absolute Gasteiger partial charge is 0.534 e. The van der Waals surface area contributed by atoms with Crippen LogP contribution < -0.4 is 15.7 Å². The van der Waals surface area contributed by atoms with Gasteiger partial charge in [0.25, 0.3) is 0 Å². The summed E-state index contributed by atoms with van der Waals surface area (Å²) in [5.41, 5.74) is 9.56. The van der Waals surface area contributed by atoms with Crippen LogP contribution in [0, 0.1) is 0 Å². The van der Waals surface area contributed by atoms with Crippen molar-refractivity contribution in [2.24, 2.45) is 0 Å². The van der Waals surface area contributed by atoms with Crippen LogP contribution in [0.25, 0.3) is 32.7 Å². The molecule has 0 atom stereocenters. The Bertz CT molecular complexity index is 1640. The molecule has 0 aliphatic carbocycles. The van der Waals surface area contributed by atoms with Gasteiger partial charge in [0.1, 0.15) is 5.75 Å². The summed E-state index contributed by atoms with van der Waals surface area (Å²) in [6.07, 6.45) is 0. The van der Waals surface area contributed by atoms with Crippen LogP contribution in [-0.4, -0.2) is 13.9 Å². The third kappa shape index (κ3) is 5.69. The van der Waals surface area contributed by atoms with Crippen LogP contribution in [0.3, 0.4) is 0 Å². The van der Waals surface area contributed by atoms with Crippen LogP contribution in [0.1, 0.15) is 0 Å². The number of nitrogen functional groups attached to an aromatic ring is 2. The number of rotatable bonds is 3. The molecular formula is C27H21F3N2O3S. The van der Waals surface area contributed by atoms with Gasteiger partial charge in [0, 0.05) is 11.4 Å². The Morgan fingerprint density at radius 2 is 1.11 bits per heavy atom. The summed E-state index contributed by atoms with van der Waals surface area (Å²) in [7, 11) is -5.66. The van der Waals surface area contributed by atoms with Gasteiger partial charge < -0.3 is 15.7 Å². The molecule has 0 aliphatic rings. The minimum absolute atomic E-state index is 0.406. The van der Waals surface area contributed by atoms with Crippen molar-refractivity contribution >= 4 is 43.0 Å². The average Bonchev–Trinajstić information content (AvgIpc) is 2.83. The summed E-state index contributed by atoms with van der Waals surface area (Å²) >= 11 is 0. The lowest BCUT2D eigenvalue weighted by Gasteiger charge is -2.10. The molecule has 0 bridgehead atoms. The van der Waals surface area contributed by atoms with Crippen molar-refractivity contribution in [3.63, 3.8) is 0 Å². The van der Waals surface area contributed by atoms with Gasteiger partial charge in [0.2, 0.25) is 0 Å². The molecule has 0 saturated carbocycles. The number of halogens is 3. The molecule has 0 spiro atoms. The van der Waals surface area contributed by atoms with Gasteiger partial charge in [-0.3, -0.25) is 0 Å². The minimum atomic E-state index is -5.66. The van der Waals surface area contributed by atoms with E-state index >= 15 is 0 Å². The first kappa shape index (κ1) is 24.9. The molecule has 0 aromatic heterocycles. The summed E-state index contributed by atoms with van der Waals surface area (Å²) in [6, 6.07) is 31.4. The fourth-order valence-corrected chi connectivity index (χ4v) is 4.00. The highest BCUT2D eigenvalue weighted by atomic mass is 32.2. The predicted molar refractivity (Wildman–Crippen MR) is 138 cm³/mol. The highest BCUT2D eigenvalue weighted by molar-refractivity contribution is 7.88. The monoisotopic (exact) mass is 510 g/mol. The maximum Gasteiger partial charge on any atom is 0.534 e. The third-order valence-corrected chi connectivity index (χ3v) is 6.28. The van der Waals surface area contributed by atoms with Gasteiger partial charge in [0.15, 0.2) is 0 Å². The van der Waals surface area contributed by atoms with E-state index in [2.05, 4.69) is 52.7 Å². The van der Waals surface area contributed by atoms with Gasteiger partial charge in [-0.05, 0) is 75.1 Å². The predicted octanol–water partition coefficient (Wildman–Crippen LogP) is 6.74. The highest BCUT2D eigenvalue weighted by Gasteiger charge is 2.48. The van der Waals surface area contributed by atoms with Gasteiger partial charge in [-0.2, -0.15) is 21.6 Å². The van der Waals surface area contributed by atoms with E-state index < -0.39 is 21.4 Å². The number of alkyl halides is 3. The van der Waals surface area contributed by atoms with Crippen molar-refractivity contribution in [1.29, 1.82) is 0 Å². The van der Waals surface area contributed by atoms with Crippen LogP contribution >= 0.6 is 0 Å². The Kier molecular flexibility index (Phi) is 6.76. The Labute approximate surface area is 205 Å². The zero-order chi connectivity index (χ0) is 25.9. The molecule has 4 N–H and O–H groups in total. The van der Waals surface area contributed by atoms with Gasteiger partial charge in [-0.1, -0.05) is 60.7 Å². The molecule has 0 radical (unpaired) electrons. The molecule has 0 amide bonds. The standard InChI is InChI=1S/C16H13N.C11H8F3NO3S/c17-16-9-8-13-6-7-14(10-15(13)11-16)12-4-2-1-3-5-12;12-11(13,14)19(16,17)18-10-4-2-7-1-3-9(15)5-8(7)6-10/h1-11H,17H2;1-6H,15H2. The zero-order valence-electron chi connectivity index (χ0n) is 18.7. The number of benzene rings is 5. The van der Waals surface area contributed by atoms with Crippen LogP contribution in [0.2, 0.25) is 0 Å². The SMILES string of the molecule is Nc1ccc2ccc(-c3ccccc3)cc2c1.Nc1ccc2ccc(OS(=O)(=O)C(F)(F)F)cc2c1. The second-order valence-electron chi connectivity index (χ2n) is 7.94. The van der Waals surface area contributed by atoms with E-state index in [1.165, 1.54) is 40.1 Å². The fourth-order valence-electron chi connectivity index (χ4n) is 3.54. The molecule has 0 aliphatic heterocycles. The van der Waals surface area contributed by atoms with E-state index in [1.807, 2.05) is 18.2 Å². The van der Waals surface area contributed by atoms with E-state index in [0.29, 0.717) is 16.5 Å². The van der Waals surface area contributed by atoms with Crippen molar-refractivity contribution < 1.29 is 25.8 Å². The molecule has 184 valence electrons. The lowest BCUT2D eigenvalue weighted by Crippen LogP contribution is -2.28. The molecular weight excluding hydrogens is 489 g/mol. The quantitative estimate of drug-likeness (QED) is 0.159. The van der Waals surface area contributed by atoms with Crippen LogP contribution in [0.4, 0.5) is 24.5 Å². The van der Waals surface area contributed by atoms with E-state index in [0.717, 1.165) is 11.8 Å². The number of hydrogen-bond acceptors (Lipinski definition) is 5. The lowest BCUT2D eigenvalue weighted by molar-refractivity contribution is -0.0500. The molecule has 5 aromatic carbocycles. The van der Waals surface area contributed by atoms with Crippen molar-refractivity contribution in [3.05, 3.63) is 103 Å². The zero-order valence-corrected chi connectivity index (χ0v) is 19.6. The second kappa shape index (κ2) is 9.79. The van der Waals surface area contributed by atoms with Gasteiger partial charge in [-0.15, -0.1) is 0 Å². The number of hydrogen-bond donors (Lipinski definition) is 2. The molecule has 5 aromatic rings. The highest BCUT2D eigenvalue weighted by Crippen LogP contribution is 2.29. The van der Waals surface area contributed by atoms with E-state index in [9.17, 15) is 21.6 Å².